The van der Waals surface area contributed by atoms with Crippen LogP contribution in [0, 0.1) is 18.8 Å². The number of likely N-dealkylation sites (tertiary alicyclic amines) is 1. The van der Waals surface area contributed by atoms with Gasteiger partial charge in [-0.1, -0.05) is 0 Å². The van der Waals surface area contributed by atoms with E-state index in [4.69, 9.17) is 14.6 Å². The number of amides is 1. The zero-order chi connectivity index (χ0) is 20.9. The molecule has 0 aromatic carbocycles. The van der Waals surface area contributed by atoms with E-state index < -0.39 is 12.1 Å². The van der Waals surface area contributed by atoms with Crippen LogP contribution in [0.2, 0.25) is 0 Å². The molecule has 3 atom stereocenters. The van der Waals surface area contributed by atoms with Crippen molar-refractivity contribution >= 4 is 23.2 Å². The van der Waals surface area contributed by atoms with Crippen LogP contribution in [0.1, 0.15) is 23.4 Å². The van der Waals surface area contributed by atoms with E-state index in [1.165, 1.54) is 4.88 Å². The number of aryl methyl sites for hydroxylation is 1. The van der Waals surface area contributed by atoms with Crippen LogP contribution in [0.25, 0.3) is 0 Å². The summed E-state index contributed by atoms with van der Waals surface area (Å²) in [4.78, 5) is 29.1. The number of thiazole rings is 1. The van der Waals surface area contributed by atoms with Crippen molar-refractivity contribution in [2.45, 2.75) is 38.6 Å². The summed E-state index contributed by atoms with van der Waals surface area (Å²) in [5.74, 6) is -2.17. The van der Waals surface area contributed by atoms with Crippen molar-refractivity contribution in [3.63, 3.8) is 0 Å². The van der Waals surface area contributed by atoms with Crippen molar-refractivity contribution in [1.29, 1.82) is 0 Å². The molecule has 3 heterocycles. The van der Waals surface area contributed by atoms with Crippen LogP contribution in [0.3, 0.4) is 0 Å². The number of carbonyl (C=O) groups excluding carboxylic acids is 1. The molecule has 2 aliphatic rings. The monoisotopic (exact) mass is 423 g/mol. The molecule has 1 amide bonds. The number of aromatic nitrogens is 1. The number of ether oxygens (including phenoxy) is 1. The first kappa shape index (κ1) is 22.6. The zero-order valence-electron chi connectivity index (χ0n) is 15.7. The van der Waals surface area contributed by atoms with Gasteiger partial charge in [0.05, 0.1) is 17.3 Å². The third-order valence-electron chi connectivity index (χ3n) is 4.99. The number of carbonyl (C=O) groups is 2. The Morgan fingerprint density at radius 3 is 2.64 bits per heavy atom. The van der Waals surface area contributed by atoms with E-state index in [-0.39, 0.29) is 17.9 Å². The number of carboxylic acid groups (broad SMARTS) is 1. The maximum atomic E-state index is 12.1. The lowest BCUT2D eigenvalue weighted by molar-refractivity contribution is -0.192. The first-order chi connectivity index (χ1) is 13.1. The largest absolute Gasteiger partial charge is 0.490 e. The van der Waals surface area contributed by atoms with E-state index in [1.54, 1.807) is 18.4 Å². The maximum Gasteiger partial charge on any atom is 0.490 e. The summed E-state index contributed by atoms with van der Waals surface area (Å²) in [6.45, 7) is 5.71. The zero-order valence-corrected chi connectivity index (χ0v) is 16.5. The van der Waals surface area contributed by atoms with Gasteiger partial charge < -0.3 is 15.2 Å². The van der Waals surface area contributed by atoms with Crippen LogP contribution in [0.15, 0.2) is 5.51 Å². The van der Waals surface area contributed by atoms with Crippen LogP contribution in [0.5, 0.6) is 0 Å². The average Bonchev–Trinajstić information content (AvgIpc) is 3.05. The lowest BCUT2D eigenvalue weighted by atomic mass is 9.79. The van der Waals surface area contributed by atoms with E-state index >= 15 is 0 Å². The van der Waals surface area contributed by atoms with Gasteiger partial charge in [-0.25, -0.2) is 9.78 Å². The van der Waals surface area contributed by atoms with Gasteiger partial charge in [-0.15, -0.1) is 11.3 Å². The molecule has 0 spiro atoms. The fourth-order valence-corrected chi connectivity index (χ4v) is 4.34. The predicted octanol–water partition coefficient (Wildman–Crippen LogP) is 2.06. The minimum atomic E-state index is -5.08. The number of hydrogen-bond donors (Lipinski definition) is 2. The molecule has 3 rings (SSSR count). The molecule has 0 unspecified atom stereocenters. The van der Waals surface area contributed by atoms with Gasteiger partial charge in [-0.3, -0.25) is 9.69 Å². The predicted molar refractivity (Wildman–Crippen MR) is 95.8 cm³/mol. The second-order valence-electron chi connectivity index (χ2n) is 6.77. The Morgan fingerprint density at radius 2 is 2.11 bits per heavy atom. The van der Waals surface area contributed by atoms with Crippen LogP contribution in [0.4, 0.5) is 13.2 Å². The van der Waals surface area contributed by atoms with E-state index in [0.29, 0.717) is 12.5 Å². The molecule has 28 heavy (non-hydrogen) atoms. The van der Waals surface area contributed by atoms with E-state index in [1.807, 2.05) is 5.51 Å². The molecule has 7 nitrogen and oxygen atoms in total. The molecule has 11 heteroatoms. The highest BCUT2D eigenvalue weighted by molar-refractivity contribution is 7.09. The standard InChI is InChI=1S/C15H23N3O2S.C2HF3O2/c1-10-14(21-9-17-10)8-18-5-3-13-12(7-18)11(4-6-20-13)15(19)16-2;3-2(4,5)1(6)7/h9,11-13H,3-8H2,1-2H3,(H,16,19);(H,6,7)/t11-,12-,13-;/m1./s1. The minimum absolute atomic E-state index is 0.0964. The topological polar surface area (TPSA) is 91.8 Å². The molecule has 2 N–H and O–H groups in total. The summed E-state index contributed by atoms with van der Waals surface area (Å²) in [6, 6.07) is 0. The number of nitrogens with zero attached hydrogens (tertiary/aromatic N) is 2. The highest BCUT2D eigenvalue weighted by atomic mass is 32.1. The summed E-state index contributed by atoms with van der Waals surface area (Å²) in [5, 5.41) is 9.94. The van der Waals surface area contributed by atoms with Gasteiger partial charge in [0, 0.05) is 50.0 Å². The number of carboxylic acids is 1. The lowest BCUT2D eigenvalue weighted by Crippen LogP contribution is -2.52. The smallest absolute Gasteiger partial charge is 0.475 e. The van der Waals surface area contributed by atoms with Crippen molar-refractivity contribution in [2.75, 3.05) is 26.7 Å². The highest BCUT2D eigenvalue weighted by Crippen LogP contribution is 2.34. The first-order valence-electron chi connectivity index (χ1n) is 8.88. The number of alkyl halides is 3. The van der Waals surface area contributed by atoms with E-state index in [9.17, 15) is 18.0 Å². The molecule has 2 saturated heterocycles. The molecule has 0 aliphatic carbocycles. The first-order valence-corrected chi connectivity index (χ1v) is 9.76. The Balaban J connectivity index is 0.000000345. The third kappa shape index (κ3) is 5.89. The fourth-order valence-electron chi connectivity index (χ4n) is 3.52. The van der Waals surface area contributed by atoms with Crippen molar-refractivity contribution < 1.29 is 32.6 Å². The Hall–Kier alpha value is -1.72. The summed E-state index contributed by atoms with van der Waals surface area (Å²) in [5.41, 5.74) is 3.04. The van der Waals surface area contributed by atoms with Crippen molar-refractivity contribution in [3.8, 4) is 0 Å². The molecule has 0 saturated carbocycles. The lowest BCUT2D eigenvalue weighted by Gasteiger charge is -2.44. The van der Waals surface area contributed by atoms with Crippen LogP contribution >= 0.6 is 11.3 Å². The van der Waals surface area contributed by atoms with Gasteiger partial charge in [0.2, 0.25) is 5.91 Å². The Labute approximate surface area is 164 Å². The molecule has 2 aliphatic heterocycles. The molecule has 1 aromatic rings. The number of nitrogens with one attached hydrogen (secondary N) is 1. The molecular weight excluding hydrogens is 399 g/mol. The van der Waals surface area contributed by atoms with Crippen LogP contribution in [-0.2, 0) is 20.9 Å². The summed E-state index contributed by atoms with van der Waals surface area (Å²) in [7, 11) is 1.73. The van der Waals surface area contributed by atoms with Crippen molar-refractivity contribution in [2.24, 2.45) is 11.8 Å². The van der Waals surface area contributed by atoms with Crippen LogP contribution in [-0.4, -0.2) is 65.9 Å². The summed E-state index contributed by atoms with van der Waals surface area (Å²) in [6.07, 6.45) is -2.97. The number of piperidine rings is 1. The van der Waals surface area contributed by atoms with E-state index in [0.717, 1.165) is 38.2 Å². The molecule has 158 valence electrons. The van der Waals surface area contributed by atoms with Gasteiger partial charge in [0.15, 0.2) is 0 Å². The SMILES string of the molecule is CNC(=O)[C@@H]1CCO[C@@H]2CCN(Cc3scnc3C)C[C@@H]21.O=C(O)C(F)(F)F. The maximum absolute atomic E-state index is 12.1. The number of halogens is 3. The second kappa shape index (κ2) is 9.66. The molecule has 2 fully saturated rings. The summed E-state index contributed by atoms with van der Waals surface area (Å²) >= 11 is 1.72. The highest BCUT2D eigenvalue weighted by Gasteiger charge is 2.41. The quantitative estimate of drug-likeness (QED) is 0.773. The molecule has 0 bridgehead atoms. The molecule has 0 radical (unpaired) electrons. The van der Waals surface area contributed by atoms with Gasteiger partial charge >= 0.3 is 12.1 Å². The fraction of sp³-hybridized carbons (Fsp3) is 0.706. The number of rotatable bonds is 3. The Bertz CT molecular complexity index is 683. The van der Waals surface area contributed by atoms with Crippen LogP contribution < -0.4 is 5.32 Å². The average molecular weight is 423 g/mol. The van der Waals surface area contributed by atoms with Crippen molar-refractivity contribution in [1.82, 2.24) is 15.2 Å². The molecule has 1 aromatic heterocycles. The summed E-state index contributed by atoms with van der Waals surface area (Å²) < 4.78 is 37.6. The Kier molecular flexibility index (Phi) is 7.79. The van der Waals surface area contributed by atoms with E-state index in [2.05, 4.69) is 22.1 Å². The van der Waals surface area contributed by atoms with Crippen molar-refractivity contribution in [3.05, 3.63) is 16.1 Å². The van der Waals surface area contributed by atoms with Gasteiger partial charge in [0.1, 0.15) is 0 Å². The number of fused-ring (bicyclic) bond motifs is 1. The third-order valence-corrected chi connectivity index (χ3v) is 5.91. The minimum Gasteiger partial charge on any atom is -0.475 e. The van der Waals surface area contributed by atoms with Gasteiger partial charge in [-0.2, -0.15) is 13.2 Å². The van der Waals surface area contributed by atoms with Gasteiger partial charge in [0.25, 0.3) is 0 Å². The number of hydrogen-bond acceptors (Lipinski definition) is 6. The number of aliphatic carboxylic acids is 1. The molecular formula is C17H24F3N3O4S. The normalized spacial score (nSPS) is 25.2. The second-order valence-corrected chi connectivity index (χ2v) is 7.71. The van der Waals surface area contributed by atoms with Gasteiger partial charge in [-0.05, 0) is 19.8 Å². The Morgan fingerprint density at radius 1 is 1.43 bits per heavy atom.